The SMILES string of the molecule is CCc1nc2ccc(C(O)(c3ccccc3)C3CCN(C(C)=O)CC3)cc2c(Cl)c1Cc1ccc(-n2cccc2)cc1. The van der Waals surface area contributed by atoms with Gasteiger partial charge in [-0.2, -0.15) is 0 Å². The monoisotopic (exact) mass is 577 g/mol. The van der Waals surface area contributed by atoms with Crippen molar-refractivity contribution in [2.24, 2.45) is 5.92 Å². The van der Waals surface area contributed by atoms with Crippen LogP contribution in [0.1, 0.15) is 54.6 Å². The molecule has 5 aromatic rings. The van der Waals surface area contributed by atoms with Gasteiger partial charge in [0.15, 0.2) is 0 Å². The van der Waals surface area contributed by atoms with Crippen LogP contribution in [0.3, 0.4) is 0 Å². The number of benzene rings is 3. The minimum atomic E-state index is -1.22. The van der Waals surface area contributed by atoms with Crippen molar-refractivity contribution in [1.29, 1.82) is 0 Å². The van der Waals surface area contributed by atoms with Gasteiger partial charge in [0.05, 0.1) is 10.5 Å². The summed E-state index contributed by atoms with van der Waals surface area (Å²) in [4.78, 5) is 18.9. The van der Waals surface area contributed by atoms with Crippen molar-refractivity contribution in [3.63, 3.8) is 0 Å². The summed E-state index contributed by atoms with van der Waals surface area (Å²) in [6.45, 7) is 5.00. The Labute approximate surface area is 252 Å². The first-order valence-corrected chi connectivity index (χ1v) is 15.1. The Balaban J connectivity index is 1.40. The maximum atomic E-state index is 12.6. The number of hydrogen-bond donors (Lipinski definition) is 1. The molecule has 1 amide bonds. The van der Waals surface area contributed by atoms with Crippen molar-refractivity contribution in [1.82, 2.24) is 14.5 Å². The number of likely N-dealkylation sites (tertiary alicyclic amines) is 1. The first-order valence-electron chi connectivity index (χ1n) is 14.8. The lowest BCUT2D eigenvalue weighted by Gasteiger charge is -2.42. The van der Waals surface area contributed by atoms with Gasteiger partial charge in [-0.1, -0.05) is 67.1 Å². The highest BCUT2D eigenvalue weighted by Gasteiger charge is 2.42. The number of fused-ring (bicyclic) bond motifs is 1. The summed E-state index contributed by atoms with van der Waals surface area (Å²) in [5.74, 6) is 0.0340. The van der Waals surface area contributed by atoms with Crippen molar-refractivity contribution in [3.8, 4) is 5.69 Å². The summed E-state index contributed by atoms with van der Waals surface area (Å²) in [5.41, 5.74) is 5.55. The summed E-state index contributed by atoms with van der Waals surface area (Å²) in [7, 11) is 0. The molecule has 0 bridgehead atoms. The molecule has 1 atom stereocenters. The van der Waals surface area contributed by atoms with Crippen molar-refractivity contribution >= 4 is 28.4 Å². The molecule has 5 nitrogen and oxygen atoms in total. The molecule has 1 unspecified atom stereocenters. The smallest absolute Gasteiger partial charge is 0.219 e. The number of carbonyl (C=O) groups is 1. The second-order valence-corrected chi connectivity index (χ2v) is 11.7. The third kappa shape index (κ3) is 5.23. The van der Waals surface area contributed by atoms with Crippen LogP contribution in [-0.4, -0.2) is 38.6 Å². The van der Waals surface area contributed by atoms with Gasteiger partial charge in [-0.25, -0.2) is 0 Å². The molecule has 6 rings (SSSR count). The van der Waals surface area contributed by atoms with Crippen LogP contribution in [0, 0.1) is 5.92 Å². The topological polar surface area (TPSA) is 58.4 Å². The number of hydrogen-bond acceptors (Lipinski definition) is 3. The van der Waals surface area contributed by atoms with Crippen LogP contribution in [0.2, 0.25) is 5.02 Å². The highest BCUT2D eigenvalue weighted by Crippen LogP contribution is 2.43. The molecule has 3 heterocycles. The normalized spacial score (nSPS) is 15.6. The number of pyridine rings is 1. The number of nitrogens with zero attached hydrogens (tertiary/aromatic N) is 3. The highest BCUT2D eigenvalue weighted by atomic mass is 35.5. The Bertz CT molecular complexity index is 1690. The van der Waals surface area contributed by atoms with Crippen molar-refractivity contribution < 1.29 is 9.90 Å². The van der Waals surface area contributed by atoms with Crippen molar-refractivity contribution in [2.45, 2.75) is 45.1 Å². The van der Waals surface area contributed by atoms with Crippen molar-refractivity contribution in [3.05, 3.63) is 130 Å². The summed E-state index contributed by atoms with van der Waals surface area (Å²) in [6.07, 6.45) is 6.96. The Morgan fingerprint density at radius 2 is 1.64 bits per heavy atom. The maximum absolute atomic E-state index is 12.6. The molecule has 1 N–H and O–H groups in total. The summed E-state index contributed by atoms with van der Waals surface area (Å²) >= 11 is 7.23. The molecule has 3 aromatic carbocycles. The second-order valence-electron chi connectivity index (χ2n) is 11.3. The summed E-state index contributed by atoms with van der Waals surface area (Å²) in [5, 5.41) is 14.1. The fourth-order valence-corrected chi connectivity index (χ4v) is 6.79. The van der Waals surface area contributed by atoms with Crippen LogP contribution in [0.5, 0.6) is 0 Å². The van der Waals surface area contributed by atoms with Crippen LogP contribution in [0.15, 0.2) is 97.3 Å². The molecule has 0 radical (unpaired) electrons. The zero-order chi connectivity index (χ0) is 29.3. The third-order valence-electron chi connectivity index (χ3n) is 8.84. The minimum Gasteiger partial charge on any atom is -0.380 e. The van der Waals surface area contributed by atoms with Gasteiger partial charge in [-0.05, 0) is 83.8 Å². The fourth-order valence-electron chi connectivity index (χ4n) is 6.46. The molecule has 2 aromatic heterocycles. The molecule has 1 aliphatic rings. The fraction of sp³-hybridized carbons (Fsp3) is 0.278. The first-order chi connectivity index (χ1) is 20.4. The average molecular weight is 578 g/mol. The molecule has 42 heavy (non-hydrogen) atoms. The number of aliphatic hydroxyl groups is 1. The lowest BCUT2D eigenvalue weighted by atomic mass is 9.71. The zero-order valence-corrected chi connectivity index (χ0v) is 24.9. The summed E-state index contributed by atoms with van der Waals surface area (Å²) in [6, 6.07) is 28.5. The van der Waals surface area contributed by atoms with E-state index in [9.17, 15) is 9.90 Å². The molecule has 214 valence electrons. The van der Waals surface area contributed by atoms with E-state index in [1.165, 1.54) is 0 Å². The molecular formula is C36H36ClN3O2. The third-order valence-corrected chi connectivity index (χ3v) is 9.27. The van der Waals surface area contributed by atoms with Crippen LogP contribution < -0.4 is 0 Å². The highest BCUT2D eigenvalue weighted by molar-refractivity contribution is 6.36. The number of amides is 1. The van der Waals surface area contributed by atoms with Gasteiger partial charge in [0.25, 0.3) is 0 Å². The molecule has 1 aliphatic heterocycles. The van der Waals surface area contributed by atoms with Crippen LogP contribution in [0.4, 0.5) is 0 Å². The lowest BCUT2D eigenvalue weighted by molar-refractivity contribution is -0.131. The van der Waals surface area contributed by atoms with Crippen molar-refractivity contribution in [2.75, 3.05) is 13.1 Å². The van der Waals surface area contributed by atoms with E-state index >= 15 is 0 Å². The lowest BCUT2D eigenvalue weighted by Crippen LogP contribution is -2.45. The first kappa shape index (κ1) is 28.2. The number of piperidine rings is 1. The Morgan fingerprint density at radius 3 is 2.29 bits per heavy atom. The van der Waals surface area contributed by atoms with E-state index in [0.717, 1.165) is 51.0 Å². The van der Waals surface area contributed by atoms with Gasteiger partial charge in [0.2, 0.25) is 5.91 Å². The Morgan fingerprint density at radius 1 is 0.952 bits per heavy atom. The largest absolute Gasteiger partial charge is 0.380 e. The maximum Gasteiger partial charge on any atom is 0.219 e. The number of carbonyl (C=O) groups excluding carboxylic acids is 1. The van der Waals surface area contributed by atoms with Crippen LogP contribution in [-0.2, 0) is 23.2 Å². The predicted molar refractivity (Wildman–Crippen MR) is 169 cm³/mol. The molecule has 6 heteroatoms. The van der Waals surface area contributed by atoms with E-state index in [4.69, 9.17) is 16.6 Å². The van der Waals surface area contributed by atoms with E-state index in [1.54, 1.807) is 6.92 Å². The molecule has 1 fully saturated rings. The minimum absolute atomic E-state index is 0.0483. The molecular weight excluding hydrogens is 542 g/mol. The van der Waals surface area contributed by atoms with E-state index in [0.29, 0.717) is 37.4 Å². The number of aryl methyl sites for hydroxylation is 1. The van der Waals surface area contributed by atoms with Gasteiger partial charge in [0, 0.05) is 55.6 Å². The standard InChI is InChI=1S/C36H36ClN3O2/c1-3-33-31(23-26-11-14-30(15-12-26)40-19-7-8-20-40)35(37)32-24-29(13-16-34(32)38-33)36(42,27-9-5-4-6-10-27)28-17-21-39(22-18-28)25(2)41/h4-16,19-20,24,28,42H,3,17-18,21-23H2,1-2H3. The van der Waals surface area contributed by atoms with E-state index in [1.807, 2.05) is 78.0 Å². The van der Waals surface area contributed by atoms with Gasteiger partial charge < -0.3 is 14.6 Å². The van der Waals surface area contributed by atoms with Gasteiger partial charge in [-0.3, -0.25) is 9.78 Å². The van der Waals surface area contributed by atoms with E-state index < -0.39 is 5.60 Å². The molecule has 0 spiro atoms. The predicted octanol–water partition coefficient (Wildman–Crippen LogP) is 7.33. The number of aromatic nitrogens is 2. The second kappa shape index (κ2) is 11.7. The quantitative estimate of drug-likeness (QED) is 0.220. The Hall–Kier alpha value is -3.93. The van der Waals surface area contributed by atoms with Crippen LogP contribution >= 0.6 is 11.6 Å². The summed E-state index contributed by atoms with van der Waals surface area (Å²) < 4.78 is 2.09. The van der Waals surface area contributed by atoms with Gasteiger partial charge in [0.1, 0.15) is 5.60 Å². The van der Waals surface area contributed by atoms with E-state index in [-0.39, 0.29) is 11.8 Å². The number of halogens is 1. The van der Waals surface area contributed by atoms with Gasteiger partial charge >= 0.3 is 0 Å². The molecule has 0 saturated carbocycles. The molecule has 1 saturated heterocycles. The molecule has 0 aliphatic carbocycles. The zero-order valence-electron chi connectivity index (χ0n) is 24.1. The number of rotatable bonds is 7. The van der Waals surface area contributed by atoms with E-state index in [2.05, 4.69) is 35.8 Å². The van der Waals surface area contributed by atoms with Crippen LogP contribution in [0.25, 0.3) is 16.6 Å². The Kier molecular flexibility index (Phi) is 7.89. The average Bonchev–Trinajstić information content (AvgIpc) is 3.58. The van der Waals surface area contributed by atoms with Gasteiger partial charge in [-0.15, -0.1) is 0 Å².